The number of carbonyl (C=O) groups is 1. The standard InChI is InChI=1S/C26H32FN5O2/c1-4-19(5-2)25(33)28-21-11-12-23(22(27)17-21)31-13-15-32(16-14-31)24(20-9-7-6-8-10-20)26-30-29-18(3)34-26/h6-12,17,19,24H,4-5,13-16H2,1-3H3,(H,28,33). The van der Waals surface area contributed by atoms with Gasteiger partial charge in [0.2, 0.25) is 17.7 Å². The molecule has 1 saturated heterocycles. The molecular formula is C26H32FN5O2. The van der Waals surface area contributed by atoms with Gasteiger partial charge in [-0.05, 0) is 36.6 Å². The highest BCUT2D eigenvalue weighted by Crippen LogP contribution is 2.31. The van der Waals surface area contributed by atoms with Crippen LogP contribution in [0.1, 0.15) is 50.1 Å². The smallest absolute Gasteiger partial charge is 0.238 e. The first-order chi connectivity index (χ1) is 16.5. The van der Waals surface area contributed by atoms with Crippen LogP contribution in [0.5, 0.6) is 0 Å². The fourth-order valence-corrected chi connectivity index (χ4v) is 4.53. The molecule has 0 aliphatic carbocycles. The van der Waals surface area contributed by atoms with Gasteiger partial charge in [-0.1, -0.05) is 44.2 Å². The molecule has 0 bridgehead atoms. The van der Waals surface area contributed by atoms with Gasteiger partial charge in [-0.2, -0.15) is 0 Å². The van der Waals surface area contributed by atoms with Gasteiger partial charge in [-0.3, -0.25) is 9.69 Å². The summed E-state index contributed by atoms with van der Waals surface area (Å²) in [6, 6.07) is 14.9. The fraction of sp³-hybridized carbons (Fsp3) is 0.423. The number of piperazine rings is 1. The first kappa shape index (κ1) is 23.9. The first-order valence-corrected chi connectivity index (χ1v) is 11.9. The molecule has 0 spiro atoms. The van der Waals surface area contributed by atoms with E-state index in [1.807, 2.05) is 36.9 Å². The Kier molecular flexibility index (Phi) is 7.57. The Hall–Kier alpha value is -3.26. The van der Waals surface area contributed by atoms with E-state index >= 15 is 0 Å². The molecule has 180 valence electrons. The van der Waals surface area contributed by atoms with Crippen LogP contribution in [0.3, 0.4) is 0 Å². The van der Waals surface area contributed by atoms with Crippen LogP contribution in [-0.4, -0.2) is 47.2 Å². The lowest BCUT2D eigenvalue weighted by Crippen LogP contribution is -2.48. The molecule has 7 nitrogen and oxygen atoms in total. The summed E-state index contributed by atoms with van der Waals surface area (Å²) in [5.74, 6) is 0.654. The topological polar surface area (TPSA) is 74.5 Å². The second-order valence-electron chi connectivity index (χ2n) is 8.66. The normalized spacial score (nSPS) is 15.5. The maximum atomic E-state index is 15.0. The number of hydrogen-bond acceptors (Lipinski definition) is 6. The summed E-state index contributed by atoms with van der Waals surface area (Å²) in [4.78, 5) is 16.7. The minimum absolute atomic E-state index is 0.0592. The summed E-state index contributed by atoms with van der Waals surface area (Å²) < 4.78 is 20.8. The summed E-state index contributed by atoms with van der Waals surface area (Å²) >= 11 is 0. The van der Waals surface area contributed by atoms with Gasteiger partial charge in [0.05, 0.1) is 5.69 Å². The van der Waals surface area contributed by atoms with Crippen molar-refractivity contribution in [2.24, 2.45) is 5.92 Å². The number of benzene rings is 2. The van der Waals surface area contributed by atoms with E-state index in [0.717, 1.165) is 18.4 Å². The molecule has 8 heteroatoms. The third-order valence-corrected chi connectivity index (χ3v) is 6.48. The third-order valence-electron chi connectivity index (χ3n) is 6.48. The minimum Gasteiger partial charge on any atom is -0.423 e. The average molecular weight is 466 g/mol. The zero-order valence-corrected chi connectivity index (χ0v) is 20.0. The average Bonchev–Trinajstić information content (AvgIpc) is 3.27. The van der Waals surface area contributed by atoms with Crippen molar-refractivity contribution in [3.8, 4) is 0 Å². The van der Waals surface area contributed by atoms with Gasteiger partial charge < -0.3 is 14.6 Å². The molecule has 4 rings (SSSR count). The zero-order chi connectivity index (χ0) is 24.1. The number of anilines is 2. The molecule has 0 saturated carbocycles. The van der Waals surface area contributed by atoms with Crippen LogP contribution in [0.25, 0.3) is 0 Å². The molecule has 2 aromatic carbocycles. The summed E-state index contributed by atoms with van der Waals surface area (Å²) in [6.07, 6.45) is 1.53. The first-order valence-electron chi connectivity index (χ1n) is 11.9. The highest BCUT2D eigenvalue weighted by Gasteiger charge is 2.31. The van der Waals surface area contributed by atoms with E-state index in [-0.39, 0.29) is 23.7 Å². The summed E-state index contributed by atoms with van der Waals surface area (Å²) in [7, 11) is 0. The van der Waals surface area contributed by atoms with Crippen LogP contribution in [0.4, 0.5) is 15.8 Å². The Labute approximate surface area is 200 Å². The Morgan fingerprint density at radius 3 is 2.35 bits per heavy atom. The number of aryl methyl sites for hydroxylation is 1. The van der Waals surface area contributed by atoms with E-state index in [1.54, 1.807) is 19.1 Å². The minimum atomic E-state index is -0.331. The molecule has 0 radical (unpaired) electrons. The molecule has 2 heterocycles. The van der Waals surface area contributed by atoms with Crippen molar-refractivity contribution in [2.75, 3.05) is 36.4 Å². The van der Waals surface area contributed by atoms with E-state index in [4.69, 9.17) is 4.42 Å². The summed E-state index contributed by atoms with van der Waals surface area (Å²) in [5.41, 5.74) is 2.13. The van der Waals surface area contributed by atoms with Gasteiger partial charge in [-0.15, -0.1) is 10.2 Å². The van der Waals surface area contributed by atoms with E-state index in [1.165, 1.54) is 6.07 Å². The Morgan fingerprint density at radius 2 is 1.76 bits per heavy atom. The van der Waals surface area contributed by atoms with Crippen molar-refractivity contribution < 1.29 is 13.6 Å². The van der Waals surface area contributed by atoms with Crippen LogP contribution in [-0.2, 0) is 4.79 Å². The Balaban J connectivity index is 1.45. The zero-order valence-electron chi connectivity index (χ0n) is 20.0. The highest BCUT2D eigenvalue weighted by atomic mass is 19.1. The van der Waals surface area contributed by atoms with Crippen molar-refractivity contribution in [1.82, 2.24) is 15.1 Å². The van der Waals surface area contributed by atoms with Gasteiger partial charge in [0.15, 0.2) is 0 Å². The largest absolute Gasteiger partial charge is 0.423 e. The third kappa shape index (κ3) is 5.28. The Bertz CT molecular complexity index is 1090. The lowest BCUT2D eigenvalue weighted by Gasteiger charge is -2.39. The van der Waals surface area contributed by atoms with E-state index in [9.17, 15) is 9.18 Å². The molecule has 34 heavy (non-hydrogen) atoms. The van der Waals surface area contributed by atoms with Crippen LogP contribution in [0.2, 0.25) is 0 Å². The van der Waals surface area contributed by atoms with E-state index in [0.29, 0.717) is 49.3 Å². The number of hydrogen-bond donors (Lipinski definition) is 1. The lowest BCUT2D eigenvalue weighted by atomic mass is 10.0. The van der Waals surface area contributed by atoms with Crippen molar-refractivity contribution in [1.29, 1.82) is 0 Å². The number of carbonyl (C=O) groups excluding carboxylic acids is 1. The maximum Gasteiger partial charge on any atom is 0.238 e. The predicted molar refractivity (Wildman–Crippen MR) is 130 cm³/mol. The number of halogens is 1. The second-order valence-corrected chi connectivity index (χ2v) is 8.66. The monoisotopic (exact) mass is 465 g/mol. The molecule has 1 aliphatic heterocycles. The SMILES string of the molecule is CCC(CC)C(=O)Nc1ccc(N2CCN(C(c3ccccc3)c3nnc(C)o3)CC2)c(F)c1. The van der Waals surface area contributed by atoms with Crippen LogP contribution >= 0.6 is 0 Å². The van der Waals surface area contributed by atoms with Gasteiger partial charge in [-0.25, -0.2) is 4.39 Å². The molecule has 3 aromatic rings. The highest BCUT2D eigenvalue weighted by molar-refractivity contribution is 5.92. The summed E-state index contributed by atoms with van der Waals surface area (Å²) in [5, 5.41) is 11.1. The molecular weight excluding hydrogens is 433 g/mol. The molecule has 1 unspecified atom stereocenters. The number of nitrogens with zero attached hydrogens (tertiary/aromatic N) is 4. The number of aromatic nitrogens is 2. The lowest BCUT2D eigenvalue weighted by molar-refractivity contribution is -0.120. The van der Waals surface area contributed by atoms with Gasteiger partial charge in [0.25, 0.3) is 0 Å². The molecule has 1 aromatic heterocycles. The maximum absolute atomic E-state index is 15.0. The summed E-state index contributed by atoms with van der Waals surface area (Å²) in [6.45, 7) is 8.51. The second kappa shape index (κ2) is 10.8. The number of amides is 1. The molecule has 1 atom stereocenters. The van der Waals surface area contributed by atoms with Crippen LogP contribution in [0, 0.1) is 18.7 Å². The quantitative estimate of drug-likeness (QED) is 0.515. The van der Waals surface area contributed by atoms with Crippen molar-refractivity contribution >= 4 is 17.3 Å². The molecule has 1 N–H and O–H groups in total. The number of nitrogens with one attached hydrogen (secondary N) is 1. The van der Waals surface area contributed by atoms with Gasteiger partial charge in [0.1, 0.15) is 11.9 Å². The van der Waals surface area contributed by atoms with Gasteiger partial charge in [0, 0.05) is 44.7 Å². The van der Waals surface area contributed by atoms with Crippen molar-refractivity contribution in [2.45, 2.75) is 39.7 Å². The molecule has 1 amide bonds. The van der Waals surface area contributed by atoms with E-state index in [2.05, 4.69) is 32.5 Å². The Morgan fingerprint density at radius 1 is 1.06 bits per heavy atom. The molecule has 1 aliphatic rings. The van der Waals surface area contributed by atoms with E-state index < -0.39 is 0 Å². The van der Waals surface area contributed by atoms with Gasteiger partial charge >= 0.3 is 0 Å². The predicted octanol–water partition coefficient (Wildman–Crippen LogP) is 4.80. The van der Waals surface area contributed by atoms with Crippen LogP contribution < -0.4 is 10.2 Å². The van der Waals surface area contributed by atoms with Crippen LogP contribution in [0.15, 0.2) is 52.9 Å². The van der Waals surface area contributed by atoms with Crippen molar-refractivity contribution in [3.05, 3.63) is 71.7 Å². The number of rotatable bonds is 8. The van der Waals surface area contributed by atoms with Crippen molar-refractivity contribution in [3.63, 3.8) is 0 Å². The molecule has 1 fully saturated rings. The fourth-order valence-electron chi connectivity index (χ4n) is 4.53.